The minimum absolute atomic E-state index is 0.0533. The minimum atomic E-state index is -0.396. The van der Waals surface area contributed by atoms with Gasteiger partial charge in [-0.25, -0.2) is 0 Å². The lowest BCUT2D eigenvalue weighted by atomic mass is 9.81. The SMILES string of the molecule is CC(=O)Oc1ccc(N2C(=O)[C@@H]3[C@H]4CC[C@@H](C4)[C@@H]3C2=O)cc1. The summed E-state index contributed by atoms with van der Waals surface area (Å²) in [7, 11) is 0. The van der Waals surface area contributed by atoms with Gasteiger partial charge in [0.2, 0.25) is 11.8 Å². The summed E-state index contributed by atoms with van der Waals surface area (Å²) in [6.07, 6.45) is 3.18. The third-order valence-electron chi connectivity index (χ3n) is 5.28. The maximum absolute atomic E-state index is 12.7. The second-order valence-corrected chi connectivity index (χ2v) is 6.48. The van der Waals surface area contributed by atoms with Crippen LogP contribution in [0.5, 0.6) is 5.75 Å². The molecule has 114 valence electrons. The summed E-state index contributed by atoms with van der Waals surface area (Å²) < 4.78 is 4.98. The van der Waals surface area contributed by atoms with E-state index < -0.39 is 5.97 Å². The molecule has 0 aromatic heterocycles. The van der Waals surface area contributed by atoms with Crippen LogP contribution in [-0.4, -0.2) is 17.8 Å². The van der Waals surface area contributed by atoms with Gasteiger partial charge in [0.05, 0.1) is 17.5 Å². The molecule has 1 heterocycles. The van der Waals surface area contributed by atoms with Gasteiger partial charge in [0.25, 0.3) is 0 Å². The van der Waals surface area contributed by atoms with Crippen LogP contribution in [0.25, 0.3) is 0 Å². The molecule has 1 saturated heterocycles. The second-order valence-electron chi connectivity index (χ2n) is 6.48. The van der Waals surface area contributed by atoms with Gasteiger partial charge < -0.3 is 4.74 Å². The third kappa shape index (κ3) is 1.81. The quantitative estimate of drug-likeness (QED) is 0.477. The molecule has 2 saturated carbocycles. The van der Waals surface area contributed by atoms with Crippen molar-refractivity contribution < 1.29 is 19.1 Å². The topological polar surface area (TPSA) is 63.7 Å². The number of hydrogen-bond donors (Lipinski definition) is 0. The van der Waals surface area contributed by atoms with E-state index in [-0.39, 0.29) is 23.7 Å². The van der Waals surface area contributed by atoms with Crippen LogP contribution in [0.15, 0.2) is 24.3 Å². The van der Waals surface area contributed by atoms with Crippen LogP contribution in [0.1, 0.15) is 26.2 Å². The molecule has 22 heavy (non-hydrogen) atoms. The summed E-state index contributed by atoms with van der Waals surface area (Å²) >= 11 is 0. The first-order valence-electron chi connectivity index (χ1n) is 7.72. The van der Waals surface area contributed by atoms with Crippen LogP contribution < -0.4 is 9.64 Å². The van der Waals surface area contributed by atoms with Crippen molar-refractivity contribution in [2.45, 2.75) is 26.2 Å². The molecule has 3 fully saturated rings. The van der Waals surface area contributed by atoms with Gasteiger partial charge in [0.15, 0.2) is 0 Å². The molecule has 1 aromatic carbocycles. The Hall–Kier alpha value is -2.17. The number of rotatable bonds is 2. The number of esters is 1. The zero-order valence-corrected chi connectivity index (χ0v) is 12.3. The van der Waals surface area contributed by atoms with Crippen LogP contribution in [-0.2, 0) is 14.4 Å². The zero-order valence-electron chi connectivity index (χ0n) is 12.3. The maximum Gasteiger partial charge on any atom is 0.308 e. The van der Waals surface area contributed by atoms with Crippen molar-refractivity contribution in [1.82, 2.24) is 0 Å². The third-order valence-corrected chi connectivity index (χ3v) is 5.28. The van der Waals surface area contributed by atoms with Crippen LogP contribution >= 0.6 is 0 Å². The van der Waals surface area contributed by atoms with Crippen LogP contribution in [0.4, 0.5) is 5.69 Å². The Labute approximate surface area is 128 Å². The number of amides is 2. The van der Waals surface area contributed by atoms with Gasteiger partial charge in [0.1, 0.15) is 5.75 Å². The molecule has 5 heteroatoms. The Kier molecular flexibility index (Phi) is 2.86. The fourth-order valence-electron chi connectivity index (χ4n) is 4.49. The second kappa shape index (κ2) is 4.66. The number of benzene rings is 1. The van der Waals surface area contributed by atoms with Gasteiger partial charge in [-0.1, -0.05) is 0 Å². The molecule has 1 aliphatic heterocycles. The Morgan fingerprint density at radius 2 is 1.59 bits per heavy atom. The summed E-state index contributed by atoms with van der Waals surface area (Å²) in [5, 5.41) is 0. The lowest BCUT2D eigenvalue weighted by molar-refractivity contribution is -0.132. The van der Waals surface area contributed by atoms with E-state index in [1.165, 1.54) is 11.8 Å². The van der Waals surface area contributed by atoms with Crippen molar-refractivity contribution in [3.05, 3.63) is 24.3 Å². The molecule has 5 nitrogen and oxygen atoms in total. The summed E-state index contributed by atoms with van der Waals surface area (Å²) in [5.74, 6) is 0.458. The number of hydrogen-bond acceptors (Lipinski definition) is 4. The molecular weight excluding hydrogens is 282 g/mol. The van der Waals surface area contributed by atoms with Crippen LogP contribution in [0.2, 0.25) is 0 Å². The zero-order chi connectivity index (χ0) is 15.4. The fourth-order valence-corrected chi connectivity index (χ4v) is 4.49. The van der Waals surface area contributed by atoms with E-state index in [0.29, 0.717) is 23.3 Å². The normalized spacial score (nSPS) is 32.5. The molecule has 4 rings (SSSR count). The molecule has 0 radical (unpaired) electrons. The number of imide groups is 1. The molecule has 4 atom stereocenters. The first-order chi connectivity index (χ1) is 10.6. The van der Waals surface area contributed by atoms with Crippen molar-refractivity contribution in [2.75, 3.05) is 4.90 Å². The van der Waals surface area contributed by atoms with E-state index in [0.717, 1.165) is 19.3 Å². The summed E-state index contributed by atoms with van der Waals surface area (Å²) in [5.41, 5.74) is 0.569. The van der Waals surface area contributed by atoms with Gasteiger partial charge in [-0.2, -0.15) is 0 Å². The predicted molar refractivity (Wildman–Crippen MR) is 78.1 cm³/mol. The molecule has 1 aromatic rings. The first kappa shape index (κ1) is 13.5. The molecule has 3 aliphatic rings. The monoisotopic (exact) mass is 299 g/mol. The van der Waals surface area contributed by atoms with Gasteiger partial charge in [-0.15, -0.1) is 0 Å². The van der Waals surface area contributed by atoms with Crippen molar-refractivity contribution in [3.63, 3.8) is 0 Å². The Morgan fingerprint density at radius 3 is 2.09 bits per heavy atom. The summed E-state index contributed by atoms with van der Waals surface area (Å²) in [4.78, 5) is 37.6. The number of carbonyl (C=O) groups excluding carboxylic acids is 3. The highest BCUT2D eigenvalue weighted by Crippen LogP contribution is 2.56. The number of nitrogens with zero attached hydrogens (tertiary/aromatic N) is 1. The van der Waals surface area contributed by atoms with Crippen molar-refractivity contribution in [3.8, 4) is 5.75 Å². The molecule has 2 aliphatic carbocycles. The van der Waals surface area contributed by atoms with E-state index in [4.69, 9.17) is 4.74 Å². The molecule has 0 spiro atoms. The van der Waals surface area contributed by atoms with E-state index in [2.05, 4.69) is 0 Å². The van der Waals surface area contributed by atoms with E-state index >= 15 is 0 Å². The van der Waals surface area contributed by atoms with Crippen molar-refractivity contribution in [1.29, 1.82) is 0 Å². The van der Waals surface area contributed by atoms with Crippen LogP contribution in [0.3, 0.4) is 0 Å². The molecule has 0 N–H and O–H groups in total. The lowest BCUT2D eigenvalue weighted by Crippen LogP contribution is -2.32. The Balaban J connectivity index is 1.62. The van der Waals surface area contributed by atoms with Crippen molar-refractivity contribution >= 4 is 23.5 Å². The molecule has 0 unspecified atom stereocenters. The van der Waals surface area contributed by atoms with Crippen LogP contribution in [0, 0.1) is 23.7 Å². The van der Waals surface area contributed by atoms with E-state index in [9.17, 15) is 14.4 Å². The first-order valence-corrected chi connectivity index (χ1v) is 7.72. The Morgan fingerprint density at radius 1 is 1.05 bits per heavy atom. The van der Waals surface area contributed by atoms with Gasteiger partial charge >= 0.3 is 5.97 Å². The van der Waals surface area contributed by atoms with E-state index in [1.807, 2.05) is 0 Å². The number of ether oxygens (including phenoxy) is 1. The largest absolute Gasteiger partial charge is 0.427 e. The average molecular weight is 299 g/mol. The molecule has 2 bridgehead atoms. The lowest BCUT2D eigenvalue weighted by Gasteiger charge is -2.19. The summed E-state index contributed by atoms with van der Waals surface area (Å²) in [6.45, 7) is 1.33. The summed E-state index contributed by atoms with van der Waals surface area (Å²) in [6, 6.07) is 6.55. The van der Waals surface area contributed by atoms with Gasteiger partial charge in [-0.05, 0) is 55.4 Å². The number of anilines is 1. The van der Waals surface area contributed by atoms with Gasteiger partial charge in [-0.3, -0.25) is 19.3 Å². The predicted octanol–water partition coefficient (Wildman–Crippen LogP) is 2.15. The average Bonchev–Trinajstić information content (AvgIpc) is 3.14. The molecule has 2 amide bonds. The number of fused-ring (bicyclic) bond motifs is 5. The highest BCUT2D eigenvalue weighted by molar-refractivity contribution is 6.22. The standard InChI is InChI=1S/C17H17NO4/c1-9(19)22-13-6-4-12(5-7-13)18-16(20)14-10-2-3-11(8-10)15(14)17(18)21/h4-7,10-11,14-15H,2-3,8H2,1H3/t10-,11-,14-,15+/m0/s1. The fraction of sp³-hybridized carbons (Fsp3) is 0.471. The molecular formula is C17H17NO4. The number of carbonyl (C=O) groups is 3. The maximum atomic E-state index is 12.7. The van der Waals surface area contributed by atoms with Gasteiger partial charge in [0, 0.05) is 6.92 Å². The Bertz CT molecular complexity index is 638. The smallest absolute Gasteiger partial charge is 0.308 e. The van der Waals surface area contributed by atoms with Crippen molar-refractivity contribution in [2.24, 2.45) is 23.7 Å². The minimum Gasteiger partial charge on any atom is -0.427 e. The van der Waals surface area contributed by atoms with E-state index in [1.54, 1.807) is 24.3 Å². The highest BCUT2D eigenvalue weighted by Gasteiger charge is 2.61. The highest BCUT2D eigenvalue weighted by atomic mass is 16.5.